The van der Waals surface area contributed by atoms with Gasteiger partial charge in [-0.25, -0.2) is 9.78 Å². The zero-order valence-electron chi connectivity index (χ0n) is 11.4. The van der Waals surface area contributed by atoms with Crippen molar-refractivity contribution in [3.05, 3.63) is 46.1 Å². The first kappa shape index (κ1) is 15.3. The van der Waals surface area contributed by atoms with Gasteiger partial charge in [0.1, 0.15) is 11.1 Å². The number of nitrogen functional groups attached to an aromatic ring is 1. The monoisotopic (exact) mass is 349 g/mol. The number of carboxylic acids is 1. The molecule has 116 valence electrons. The van der Waals surface area contributed by atoms with Gasteiger partial charge in [-0.1, -0.05) is 23.2 Å². The number of halogens is 2. The number of phenols is 1. The Labute approximate surface area is 140 Å². The summed E-state index contributed by atoms with van der Waals surface area (Å²) >= 11 is 11.8. The number of nitrogens with zero attached hydrogens (tertiary/aromatic N) is 2. The smallest absolute Gasteiger partial charge is 0.339 e. The summed E-state index contributed by atoms with van der Waals surface area (Å²) in [6.45, 7) is 0. The molecule has 3 rings (SSSR count). The zero-order valence-corrected chi connectivity index (χ0v) is 12.9. The van der Waals surface area contributed by atoms with Crippen LogP contribution in [0.4, 0.5) is 5.69 Å². The maximum atomic E-state index is 11.1. The molecule has 0 amide bonds. The molecule has 0 saturated carbocycles. The molecular weight excluding hydrogens is 341 g/mol. The Morgan fingerprint density at radius 2 is 1.83 bits per heavy atom. The highest BCUT2D eigenvalue weighted by atomic mass is 35.5. The molecule has 4 N–H and O–H groups in total. The summed E-state index contributed by atoms with van der Waals surface area (Å²) in [5.41, 5.74) is 7.54. The van der Waals surface area contributed by atoms with Crippen LogP contribution in [-0.2, 0) is 0 Å². The number of aromatic nitrogens is 2. The highest BCUT2D eigenvalue weighted by Gasteiger charge is 2.15. The van der Waals surface area contributed by atoms with Crippen molar-refractivity contribution in [1.29, 1.82) is 0 Å². The first-order valence-corrected chi connectivity index (χ1v) is 7.11. The lowest BCUT2D eigenvalue weighted by molar-refractivity contribution is 0.0698. The van der Waals surface area contributed by atoms with E-state index in [1.54, 1.807) is 12.1 Å². The Hall–Kier alpha value is -2.57. The minimum Gasteiger partial charge on any atom is -0.505 e. The summed E-state index contributed by atoms with van der Waals surface area (Å²) in [7, 11) is 0. The van der Waals surface area contributed by atoms with Crippen LogP contribution >= 0.6 is 23.2 Å². The van der Waals surface area contributed by atoms with Crippen molar-refractivity contribution < 1.29 is 15.0 Å². The topological polar surface area (TPSA) is 109 Å². The van der Waals surface area contributed by atoms with E-state index in [4.69, 9.17) is 34.0 Å². The van der Waals surface area contributed by atoms with Gasteiger partial charge in [0.15, 0.2) is 5.75 Å². The van der Waals surface area contributed by atoms with Gasteiger partial charge in [-0.05, 0) is 24.3 Å². The number of anilines is 1. The lowest BCUT2D eigenvalue weighted by Crippen LogP contribution is -2.05. The summed E-state index contributed by atoms with van der Waals surface area (Å²) in [5.74, 6) is -1.40. The fourth-order valence-corrected chi connectivity index (χ4v) is 2.62. The molecular formula is C15H9Cl2N3O3. The van der Waals surface area contributed by atoms with E-state index in [0.29, 0.717) is 16.8 Å². The molecule has 0 aliphatic carbocycles. The SMILES string of the molecule is Nc1c(C(=O)O)cnc2ccc(-c3cc(Cl)c(O)c(Cl)c3)nc12. The Morgan fingerprint density at radius 3 is 2.43 bits per heavy atom. The van der Waals surface area contributed by atoms with E-state index in [9.17, 15) is 9.90 Å². The van der Waals surface area contributed by atoms with E-state index in [-0.39, 0.29) is 32.6 Å². The Kier molecular flexibility index (Phi) is 3.71. The van der Waals surface area contributed by atoms with Crippen LogP contribution < -0.4 is 5.73 Å². The van der Waals surface area contributed by atoms with Crippen LogP contribution in [0.5, 0.6) is 5.75 Å². The lowest BCUT2D eigenvalue weighted by Gasteiger charge is -2.08. The van der Waals surface area contributed by atoms with Crippen LogP contribution in [-0.4, -0.2) is 26.2 Å². The largest absolute Gasteiger partial charge is 0.505 e. The van der Waals surface area contributed by atoms with Crippen molar-refractivity contribution in [2.45, 2.75) is 0 Å². The minimum absolute atomic E-state index is 0.0281. The van der Waals surface area contributed by atoms with Crippen LogP contribution in [0.2, 0.25) is 10.0 Å². The molecule has 0 radical (unpaired) electrons. The number of aromatic hydroxyl groups is 1. The van der Waals surface area contributed by atoms with Crippen LogP contribution in [0.3, 0.4) is 0 Å². The van der Waals surface area contributed by atoms with Crippen molar-refractivity contribution in [2.75, 3.05) is 5.73 Å². The fraction of sp³-hybridized carbons (Fsp3) is 0. The van der Waals surface area contributed by atoms with Crippen LogP contribution in [0.25, 0.3) is 22.3 Å². The second-order valence-electron chi connectivity index (χ2n) is 4.74. The number of benzene rings is 1. The number of pyridine rings is 2. The summed E-state index contributed by atoms with van der Waals surface area (Å²) < 4.78 is 0. The number of phenolic OH excluding ortho intramolecular Hbond substituents is 1. The predicted molar refractivity (Wildman–Crippen MR) is 88.0 cm³/mol. The molecule has 0 aliphatic rings. The van der Waals surface area contributed by atoms with Crippen molar-refractivity contribution >= 4 is 45.9 Å². The van der Waals surface area contributed by atoms with Gasteiger partial charge in [-0.3, -0.25) is 4.98 Å². The molecule has 23 heavy (non-hydrogen) atoms. The number of rotatable bonds is 2. The van der Waals surface area contributed by atoms with Gasteiger partial charge in [-0.15, -0.1) is 0 Å². The van der Waals surface area contributed by atoms with E-state index in [0.717, 1.165) is 0 Å². The first-order chi connectivity index (χ1) is 10.9. The van der Waals surface area contributed by atoms with Gasteiger partial charge >= 0.3 is 5.97 Å². The number of carbonyl (C=O) groups is 1. The van der Waals surface area contributed by atoms with Gasteiger partial charge < -0.3 is 15.9 Å². The number of nitrogens with two attached hydrogens (primary N) is 1. The highest BCUT2D eigenvalue weighted by Crippen LogP contribution is 2.36. The fourth-order valence-electron chi connectivity index (χ4n) is 2.13. The van der Waals surface area contributed by atoms with Crippen molar-refractivity contribution in [1.82, 2.24) is 9.97 Å². The Bertz CT molecular complexity index is 937. The third kappa shape index (κ3) is 2.62. The Balaban J connectivity index is 2.24. The number of hydrogen-bond acceptors (Lipinski definition) is 5. The molecule has 0 bridgehead atoms. The third-order valence-electron chi connectivity index (χ3n) is 3.30. The molecule has 0 fully saturated rings. The predicted octanol–water partition coefficient (Wildman–Crippen LogP) is 3.59. The van der Waals surface area contributed by atoms with Gasteiger partial charge in [0, 0.05) is 11.8 Å². The molecule has 0 unspecified atom stereocenters. The van der Waals surface area contributed by atoms with E-state index >= 15 is 0 Å². The molecule has 6 nitrogen and oxygen atoms in total. The van der Waals surface area contributed by atoms with Crippen molar-refractivity contribution in [3.63, 3.8) is 0 Å². The molecule has 2 aromatic heterocycles. The summed E-state index contributed by atoms with van der Waals surface area (Å²) in [5, 5.41) is 18.9. The maximum Gasteiger partial charge on any atom is 0.339 e. The quantitative estimate of drug-likeness (QED) is 0.652. The average molecular weight is 350 g/mol. The standard InChI is InChI=1S/C15H9Cl2N3O3/c16-8-3-6(4-9(17)14(8)21)10-1-2-11-13(20-10)12(18)7(5-19-11)15(22)23/h1-5,21H,(H2,18,19)(H,22,23). The normalized spacial score (nSPS) is 10.9. The van der Waals surface area contributed by atoms with Gasteiger partial charge in [0.25, 0.3) is 0 Å². The number of carboxylic acid groups (broad SMARTS) is 1. The third-order valence-corrected chi connectivity index (χ3v) is 3.87. The van der Waals surface area contributed by atoms with E-state index in [1.165, 1.54) is 18.3 Å². The number of fused-ring (bicyclic) bond motifs is 1. The van der Waals surface area contributed by atoms with Crippen LogP contribution in [0.1, 0.15) is 10.4 Å². The first-order valence-electron chi connectivity index (χ1n) is 6.35. The number of hydrogen-bond donors (Lipinski definition) is 3. The molecule has 0 atom stereocenters. The molecule has 2 heterocycles. The second kappa shape index (κ2) is 5.57. The van der Waals surface area contributed by atoms with Crippen molar-refractivity contribution in [2.24, 2.45) is 0 Å². The molecule has 0 aliphatic heterocycles. The molecule has 3 aromatic rings. The average Bonchev–Trinajstić information content (AvgIpc) is 2.52. The molecule has 8 heteroatoms. The van der Waals surface area contributed by atoms with Gasteiger partial charge in [0.2, 0.25) is 0 Å². The van der Waals surface area contributed by atoms with E-state index < -0.39 is 5.97 Å². The summed E-state index contributed by atoms with van der Waals surface area (Å²) in [6.07, 6.45) is 1.19. The second-order valence-corrected chi connectivity index (χ2v) is 5.56. The molecule has 0 spiro atoms. The molecule has 1 aromatic carbocycles. The summed E-state index contributed by atoms with van der Waals surface area (Å²) in [6, 6.07) is 6.34. The minimum atomic E-state index is -1.18. The van der Waals surface area contributed by atoms with E-state index in [1.807, 2.05) is 0 Å². The summed E-state index contributed by atoms with van der Waals surface area (Å²) in [4.78, 5) is 19.5. The lowest BCUT2D eigenvalue weighted by atomic mass is 10.1. The van der Waals surface area contributed by atoms with Gasteiger partial charge in [0.05, 0.1) is 26.9 Å². The zero-order chi connectivity index (χ0) is 16.7. The van der Waals surface area contributed by atoms with Crippen LogP contribution in [0.15, 0.2) is 30.5 Å². The van der Waals surface area contributed by atoms with Crippen molar-refractivity contribution in [3.8, 4) is 17.0 Å². The van der Waals surface area contributed by atoms with E-state index in [2.05, 4.69) is 9.97 Å². The Morgan fingerprint density at radius 1 is 1.17 bits per heavy atom. The maximum absolute atomic E-state index is 11.1. The molecule has 0 saturated heterocycles. The number of aromatic carboxylic acids is 1. The van der Waals surface area contributed by atoms with Crippen LogP contribution in [0, 0.1) is 0 Å². The highest BCUT2D eigenvalue weighted by molar-refractivity contribution is 6.37. The van der Waals surface area contributed by atoms with Gasteiger partial charge in [-0.2, -0.15) is 0 Å².